The Hall–Kier alpha value is -1.26. The molecule has 1 aliphatic rings. The number of hydrogen-bond donors (Lipinski definition) is 1. The first-order valence-corrected chi connectivity index (χ1v) is 6.91. The van der Waals surface area contributed by atoms with Crippen LogP contribution in [-0.4, -0.2) is 16.5 Å². The van der Waals surface area contributed by atoms with Crippen molar-refractivity contribution in [3.05, 3.63) is 57.6 Å². The molecular weight excluding hydrogens is 290 g/mol. The number of nitrogens with one attached hydrogen (secondary N) is 1. The van der Waals surface area contributed by atoms with E-state index in [9.17, 15) is 0 Å². The van der Waals surface area contributed by atoms with E-state index in [-0.39, 0.29) is 0 Å². The molecule has 0 spiro atoms. The van der Waals surface area contributed by atoms with Crippen molar-refractivity contribution in [1.82, 2.24) is 15.3 Å². The Labute approximate surface area is 115 Å². The molecule has 0 saturated carbocycles. The van der Waals surface area contributed by atoms with Gasteiger partial charge < -0.3 is 5.32 Å². The van der Waals surface area contributed by atoms with Gasteiger partial charge in [-0.15, -0.1) is 0 Å². The lowest BCUT2D eigenvalue weighted by Gasteiger charge is -2.17. The molecule has 0 radical (unpaired) electrons. The van der Waals surface area contributed by atoms with Gasteiger partial charge >= 0.3 is 0 Å². The minimum atomic E-state index is 0.792. The van der Waals surface area contributed by atoms with Crippen LogP contribution in [0.5, 0.6) is 0 Å². The van der Waals surface area contributed by atoms with Crippen LogP contribution in [0.1, 0.15) is 22.6 Å². The van der Waals surface area contributed by atoms with Gasteiger partial charge in [0.05, 0.1) is 5.69 Å². The highest BCUT2D eigenvalue weighted by Crippen LogP contribution is 2.21. The Morgan fingerprint density at radius 3 is 2.83 bits per heavy atom. The molecule has 0 unspecified atom stereocenters. The minimum absolute atomic E-state index is 0.792. The normalized spacial score (nSPS) is 14.3. The highest BCUT2D eigenvalue weighted by molar-refractivity contribution is 9.10. The molecule has 0 fully saturated rings. The molecule has 2 heterocycles. The van der Waals surface area contributed by atoms with Crippen molar-refractivity contribution in [3.8, 4) is 0 Å². The number of fused-ring (bicyclic) bond motifs is 1. The number of halogens is 1. The predicted octanol–water partition coefficient (Wildman–Crippen LogP) is 2.48. The summed E-state index contributed by atoms with van der Waals surface area (Å²) in [7, 11) is 0. The van der Waals surface area contributed by atoms with E-state index >= 15 is 0 Å². The van der Waals surface area contributed by atoms with Crippen LogP contribution in [0.4, 0.5) is 0 Å². The summed E-state index contributed by atoms with van der Waals surface area (Å²) >= 11 is 3.56. The van der Waals surface area contributed by atoms with E-state index in [1.807, 2.05) is 18.2 Å². The summed E-state index contributed by atoms with van der Waals surface area (Å²) in [6.07, 6.45) is 1.78. The van der Waals surface area contributed by atoms with Crippen molar-refractivity contribution < 1.29 is 0 Å². The van der Waals surface area contributed by atoms with Crippen molar-refractivity contribution in [2.45, 2.75) is 19.4 Å². The summed E-state index contributed by atoms with van der Waals surface area (Å²) in [5.74, 6) is 0.897. The molecule has 3 rings (SSSR count). The standard InChI is InChI=1S/C14H14BrN3/c15-14-11-9-16-7-6-12(11)17-13(18-14)8-10-4-2-1-3-5-10/h1-5,16H,6-9H2. The number of rotatable bonds is 2. The van der Waals surface area contributed by atoms with Gasteiger partial charge in [0.25, 0.3) is 0 Å². The van der Waals surface area contributed by atoms with Crippen LogP contribution in [0, 0.1) is 0 Å². The molecule has 0 aliphatic carbocycles. The quantitative estimate of drug-likeness (QED) is 0.866. The molecule has 1 aliphatic heterocycles. The van der Waals surface area contributed by atoms with Crippen molar-refractivity contribution in [1.29, 1.82) is 0 Å². The van der Waals surface area contributed by atoms with Crippen LogP contribution >= 0.6 is 15.9 Å². The molecule has 1 N–H and O–H groups in total. The molecule has 0 atom stereocenters. The summed E-state index contributed by atoms with van der Waals surface area (Å²) in [4.78, 5) is 9.24. The van der Waals surface area contributed by atoms with Gasteiger partial charge in [0, 0.05) is 31.5 Å². The van der Waals surface area contributed by atoms with E-state index in [0.717, 1.165) is 36.4 Å². The van der Waals surface area contributed by atoms with Crippen LogP contribution in [0.25, 0.3) is 0 Å². The summed E-state index contributed by atoms with van der Waals surface area (Å²) in [5.41, 5.74) is 3.64. The third-order valence-corrected chi connectivity index (χ3v) is 3.79. The van der Waals surface area contributed by atoms with Gasteiger partial charge in [-0.2, -0.15) is 0 Å². The Kier molecular flexibility index (Phi) is 3.39. The zero-order valence-corrected chi connectivity index (χ0v) is 11.6. The van der Waals surface area contributed by atoms with E-state index in [4.69, 9.17) is 0 Å². The second-order valence-electron chi connectivity index (χ2n) is 4.45. The molecule has 18 heavy (non-hydrogen) atoms. The SMILES string of the molecule is Brc1nc(Cc2ccccc2)nc2c1CNCC2. The van der Waals surface area contributed by atoms with Crippen molar-refractivity contribution in [3.63, 3.8) is 0 Å². The zero-order valence-electron chi connectivity index (χ0n) is 9.99. The molecule has 4 heteroatoms. The van der Waals surface area contributed by atoms with Gasteiger partial charge in [0.2, 0.25) is 0 Å². The maximum atomic E-state index is 4.69. The topological polar surface area (TPSA) is 37.8 Å². The van der Waals surface area contributed by atoms with E-state index in [1.165, 1.54) is 16.8 Å². The minimum Gasteiger partial charge on any atom is -0.312 e. The van der Waals surface area contributed by atoms with Crippen LogP contribution in [0.3, 0.4) is 0 Å². The first-order chi connectivity index (χ1) is 8.83. The third kappa shape index (κ3) is 2.44. The van der Waals surface area contributed by atoms with Crippen LogP contribution in [0.15, 0.2) is 34.9 Å². The number of nitrogens with zero attached hydrogens (tertiary/aromatic N) is 2. The molecule has 1 aromatic heterocycles. The molecule has 92 valence electrons. The summed E-state index contributed by atoms with van der Waals surface area (Å²) in [6.45, 7) is 1.86. The van der Waals surface area contributed by atoms with E-state index in [2.05, 4.69) is 43.3 Å². The van der Waals surface area contributed by atoms with Gasteiger partial charge in [-0.25, -0.2) is 9.97 Å². The van der Waals surface area contributed by atoms with E-state index in [0.29, 0.717) is 0 Å². The molecular formula is C14H14BrN3. The lowest BCUT2D eigenvalue weighted by Crippen LogP contribution is -2.26. The van der Waals surface area contributed by atoms with Gasteiger partial charge in [-0.05, 0) is 21.5 Å². The summed E-state index contributed by atoms with van der Waals surface area (Å²) < 4.78 is 0.936. The average molecular weight is 304 g/mol. The summed E-state index contributed by atoms with van der Waals surface area (Å²) in [6, 6.07) is 10.3. The first kappa shape index (κ1) is 11.8. The second-order valence-corrected chi connectivity index (χ2v) is 5.20. The molecule has 0 saturated heterocycles. The predicted molar refractivity (Wildman–Crippen MR) is 74.4 cm³/mol. The van der Waals surface area contributed by atoms with Crippen molar-refractivity contribution >= 4 is 15.9 Å². The van der Waals surface area contributed by atoms with Crippen molar-refractivity contribution in [2.24, 2.45) is 0 Å². The van der Waals surface area contributed by atoms with E-state index in [1.54, 1.807) is 0 Å². The average Bonchev–Trinajstić information content (AvgIpc) is 2.40. The number of aromatic nitrogens is 2. The maximum Gasteiger partial charge on any atom is 0.134 e. The lowest BCUT2D eigenvalue weighted by atomic mass is 10.1. The Bertz CT molecular complexity index is 554. The monoisotopic (exact) mass is 303 g/mol. The van der Waals surface area contributed by atoms with Gasteiger partial charge in [0.15, 0.2) is 0 Å². The smallest absolute Gasteiger partial charge is 0.134 e. The molecule has 2 aromatic rings. The van der Waals surface area contributed by atoms with Gasteiger partial charge in [-0.1, -0.05) is 30.3 Å². The Balaban J connectivity index is 1.91. The fourth-order valence-corrected chi connectivity index (χ4v) is 2.78. The first-order valence-electron chi connectivity index (χ1n) is 6.12. The van der Waals surface area contributed by atoms with Crippen LogP contribution in [-0.2, 0) is 19.4 Å². The van der Waals surface area contributed by atoms with Crippen LogP contribution < -0.4 is 5.32 Å². The maximum absolute atomic E-state index is 4.69. The number of benzene rings is 1. The Morgan fingerprint density at radius 1 is 1.17 bits per heavy atom. The molecule has 0 amide bonds. The Morgan fingerprint density at radius 2 is 2.00 bits per heavy atom. The summed E-state index contributed by atoms with van der Waals surface area (Å²) in [5, 5.41) is 3.34. The highest BCUT2D eigenvalue weighted by Gasteiger charge is 2.15. The van der Waals surface area contributed by atoms with Crippen molar-refractivity contribution in [2.75, 3.05) is 6.54 Å². The largest absolute Gasteiger partial charge is 0.312 e. The third-order valence-electron chi connectivity index (χ3n) is 3.13. The highest BCUT2D eigenvalue weighted by atomic mass is 79.9. The van der Waals surface area contributed by atoms with Crippen LogP contribution in [0.2, 0.25) is 0 Å². The molecule has 0 bridgehead atoms. The fraction of sp³-hybridized carbons (Fsp3) is 0.286. The molecule has 1 aromatic carbocycles. The van der Waals surface area contributed by atoms with Gasteiger partial charge in [-0.3, -0.25) is 0 Å². The molecule has 3 nitrogen and oxygen atoms in total. The lowest BCUT2D eigenvalue weighted by molar-refractivity contribution is 0.617. The fourth-order valence-electron chi connectivity index (χ4n) is 2.21. The number of hydrogen-bond acceptors (Lipinski definition) is 3. The van der Waals surface area contributed by atoms with Gasteiger partial charge in [0.1, 0.15) is 10.4 Å². The van der Waals surface area contributed by atoms with E-state index < -0.39 is 0 Å². The second kappa shape index (κ2) is 5.16. The zero-order chi connectivity index (χ0) is 12.4.